The van der Waals surface area contributed by atoms with Crippen LogP contribution in [0.25, 0.3) is 0 Å². The molecule has 0 unspecified atom stereocenters. The number of hydrogen-bond acceptors (Lipinski definition) is 6. The number of carbonyl (C=O) groups is 3. The topological polar surface area (TPSA) is 129 Å². The third kappa shape index (κ3) is 8.07. The molecule has 0 saturated carbocycles. The van der Waals surface area contributed by atoms with Crippen molar-refractivity contribution in [2.75, 3.05) is 19.6 Å². The maximum absolute atomic E-state index is 13.0. The van der Waals surface area contributed by atoms with Crippen molar-refractivity contribution in [1.29, 1.82) is 0 Å². The zero-order chi connectivity index (χ0) is 19.8. The summed E-state index contributed by atoms with van der Waals surface area (Å²) in [6.45, 7) is 3.22. The van der Waals surface area contributed by atoms with Crippen molar-refractivity contribution in [2.45, 2.75) is 43.5 Å². The zero-order valence-electron chi connectivity index (χ0n) is 15.8. The van der Waals surface area contributed by atoms with E-state index < -0.39 is 18.4 Å². The van der Waals surface area contributed by atoms with Crippen LogP contribution in [-0.4, -0.2) is 49.4 Å². The minimum absolute atomic E-state index is 0.286. The second kappa shape index (κ2) is 15.0. The fourth-order valence-corrected chi connectivity index (χ4v) is 12.6. The molecule has 0 aromatic rings. The predicted molar refractivity (Wildman–Crippen MR) is 109 cm³/mol. The molecule has 0 aliphatic heterocycles. The SMILES string of the molecule is CCC[CH2][Sn]([C](=O)/C=C/CCN)([C](=O)/C=C/CCN)[C](=O)/C=C/CCN. The Morgan fingerprint density at radius 2 is 1.08 bits per heavy atom. The summed E-state index contributed by atoms with van der Waals surface area (Å²) < 4.78 is -0.475. The Bertz CT molecular complexity index is 473. The van der Waals surface area contributed by atoms with E-state index in [1.807, 2.05) is 6.92 Å². The molecule has 0 aliphatic carbocycles. The van der Waals surface area contributed by atoms with E-state index in [-0.39, 0.29) is 11.4 Å². The van der Waals surface area contributed by atoms with E-state index in [1.165, 1.54) is 18.2 Å². The maximum atomic E-state index is 13.0. The van der Waals surface area contributed by atoms with Crippen LogP contribution in [0.1, 0.15) is 39.0 Å². The quantitative estimate of drug-likeness (QED) is 0.244. The van der Waals surface area contributed by atoms with Crippen LogP contribution in [0, 0.1) is 0 Å². The van der Waals surface area contributed by atoms with Crippen molar-refractivity contribution < 1.29 is 14.4 Å². The molecule has 0 radical (unpaired) electrons. The predicted octanol–water partition coefficient (Wildman–Crippen LogP) is 1.28. The van der Waals surface area contributed by atoms with E-state index >= 15 is 0 Å². The van der Waals surface area contributed by atoms with E-state index in [9.17, 15) is 14.4 Å². The molecule has 146 valence electrons. The van der Waals surface area contributed by atoms with Gasteiger partial charge in [0, 0.05) is 0 Å². The van der Waals surface area contributed by atoms with Gasteiger partial charge in [0.25, 0.3) is 0 Å². The van der Waals surface area contributed by atoms with Crippen molar-refractivity contribution >= 4 is 29.8 Å². The summed E-state index contributed by atoms with van der Waals surface area (Å²) in [6, 6.07) is 0. The summed E-state index contributed by atoms with van der Waals surface area (Å²) in [7, 11) is 0. The minimum atomic E-state index is -4.52. The van der Waals surface area contributed by atoms with Gasteiger partial charge in [-0.15, -0.1) is 0 Å². The van der Waals surface area contributed by atoms with Gasteiger partial charge in [-0.2, -0.15) is 0 Å². The molecule has 0 atom stereocenters. The Morgan fingerprint density at radius 3 is 1.35 bits per heavy atom. The summed E-state index contributed by atoms with van der Waals surface area (Å²) in [4.78, 5) is 39.0. The summed E-state index contributed by atoms with van der Waals surface area (Å²) >= 11 is -4.52. The molecule has 0 heterocycles. The van der Waals surface area contributed by atoms with Crippen molar-refractivity contribution in [1.82, 2.24) is 0 Å². The standard InChI is InChI=1S/3C5H8NO.C4H9.Sn/c3*6-4-2-1-3-5-7;1-3-4-2;/h3*1,3H,2,4,6H2;1,3-4H2,2H3;/b3*3-1+;;. The van der Waals surface area contributed by atoms with Gasteiger partial charge in [-0.3, -0.25) is 0 Å². The van der Waals surface area contributed by atoms with Crippen LogP contribution < -0.4 is 17.2 Å². The molecular formula is C19H33N3O3Sn. The van der Waals surface area contributed by atoms with E-state index in [1.54, 1.807) is 18.2 Å². The molecule has 26 heavy (non-hydrogen) atoms. The first kappa shape index (κ1) is 24.9. The van der Waals surface area contributed by atoms with E-state index in [0.717, 1.165) is 6.42 Å². The van der Waals surface area contributed by atoms with Gasteiger partial charge >= 0.3 is 161 Å². The molecule has 0 aromatic heterocycles. The second-order valence-corrected chi connectivity index (χ2v) is 16.9. The third-order valence-electron chi connectivity index (χ3n) is 3.97. The van der Waals surface area contributed by atoms with E-state index in [0.29, 0.717) is 49.8 Å². The van der Waals surface area contributed by atoms with Crippen molar-refractivity contribution in [3.05, 3.63) is 36.5 Å². The monoisotopic (exact) mass is 471 g/mol. The summed E-state index contributed by atoms with van der Waals surface area (Å²) in [5.74, 6) is 0. The molecule has 0 aromatic carbocycles. The van der Waals surface area contributed by atoms with Crippen molar-refractivity contribution in [2.24, 2.45) is 17.2 Å². The van der Waals surface area contributed by atoms with Crippen LogP contribution in [0.2, 0.25) is 4.44 Å². The number of hydrogen-bond donors (Lipinski definition) is 3. The molecule has 0 aliphatic rings. The Hall–Kier alpha value is -1.09. The number of rotatable bonds is 15. The molecule has 0 rings (SSSR count). The van der Waals surface area contributed by atoms with Crippen LogP contribution in [0.4, 0.5) is 0 Å². The van der Waals surface area contributed by atoms with Crippen LogP contribution >= 0.6 is 0 Å². The van der Waals surface area contributed by atoms with Crippen LogP contribution in [0.3, 0.4) is 0 Å². The van der Waals surface area contributed by atoms with E-state index in [2.05, 4.69) is 0 Å². The molecule has 0 bridgehead atoms. The van der Waals surface area contributed by atoms with Gasteiger partial charge in [0.15, 0.2) is 0 Å². The van der Waals surface area contributed by atoms with Crippen LogP contribution in [0.15, 0.2) is 36.5 Å². The molecule has 7 heteroatoms. The van der Waals surface area contributed by atoms with Crippen molar-refractivity contribution in [3.8, 4) is 0 Å². The first-order valence-electron chi connectivity index (χ1n) is 9.24. The van der Waals surface area contributed by atoms with Gasteiger partial charge in [-0.05, 0) is 0 Å². The summed E-state index contributed by atoms with van der Waals surface area (Å²) in [5.41, 5.74) is 16.4. The second-order valence-electron chi connectivity index (χ2n) is 6.04. The normalized spacial score (nSPS) is 12.5. The summed E-state index contributed by atoms with van der Waals surface area (Å²) in [5, 5.41) is 0. The van der Waals surface area contributed by atoms with Gasteiger partial charge in [0.2, 0.25) is 0 Å². The zero-order valence-corrected chi connectivity index (χ0v) is 18.6. The molecule has 6 nitrogen and oxygen atoms in total. The van der Waals surface area contributed by atoms with Crippen LogP contribution in [0.5, 0.6) is 0 Å². The van der Waals surface area contributed by atoms with Gasteiger partial charge in [0.1, 0.15) is 0 Å². The Morgan fingerprint density at radius 1 is 0.731 bits per heavy atom. The van der Waals surface area contributed by atoms with Gasteiger partial charge in [0.05, 0.1) is 0 Å². The fourth-order valence-electron chi connectivity index (χ4n) is 2.46. The first-order valence-corrected chi connectivity index (χ1v) is 15.5. The average Bonchev–Trinajstić information content (AvgIpc) is 2.63. The fraction of sp³-hybridized carbons (Fsp3) is 0.526. The number of carbonyl (C=O) groups excluding carboxylic acids is 3. The molecule has 6 N–H and O–H groups in total. The van der Waals surface area contributed by atoms with Crippen molar-refractivity contribution in [3.63, 3.8) is 0 Å². The molecule has 0 amide bonds. The number of allylic oxidation sites excluding steroid dienone is 3. The Kier molecular flexibility index (Phi) is 14.4. The molecule has 0 spiro atoms. The molecule has 0 fully saturated rings. The summed E-state index contributed by atoms with van der Waals surface area (Å²) in [6.07, 6.45) is 12.3. The number of unbranched alkanes of at least 4 members (excludes halogenated alkanes) is 1. The van der Waals surface area contributed by atoms with Gasteiger partial charge in [-0.25, -0.2) is 0 Å². The van der Waals surface area contributed by atoms with Gasteiger partial charge < -0.3 is 0 Å². The van der Waals surface area contributed by atoms with E-state index in [4.69, 9.17) is 17.2 Å². The Labute approximate surface area is 160 Å². The molecular weight excluding hydrogens is 437 g/mol. The van der Waals surface area contributed by atoms with Crippen LogP contribution in [-0.2, 0) is 14.4 Å². The Balaban J connectivity index is 5.94. The number of nitrogens with two attached hydrogens (primary N) is 3. The molecule has 0 saturated heterocycles. The third-order valence-corrected chi connectivity index (χ3v) is 15.8. The van der Waals surface area contributed by atoms with Gasteiger partial charge in [-0.1, -0.05) is 0 Å². The average molecular weight is 470 g/mol. The first-order chi connectivity index (χ1) is 12.5.